The van der Waals surface area contributed by atoms with E-state index in [2.05, 4.69) is 5.32 Å². The van der Waals surface area contributed by atoms with Gasteiger partial charge < -0.3 is 15.3 Å². The molecule has 0 saturated carbocycles. The van der Waals surface area contributed by atoms with Crippen LogP contribution in [0.5, 0.6) is 0 Å². The summed E-state index contributed by atoms with van der Waals surface area (Å²) in [5.41, 5.74) is 1.81. The Labute approximate surface area is 114 Å². The Morgan fingerprint density at radius 3 is 2.84 bits per heavy atom. The van der Waals surface area contributed by atoms with Gasteiger partial charge in [-0.25, -0.2) is 0 Å². The van der Waals surface area contributed by atoms with Gasteiger partial charge in [0.15, 0.2) is 0 Å². The van der Waals surface area contributed by atoms with Crippen molar-refractivity contribution in [3.8, 4) is 0 Å². The minimum Gasteiger partial charge on any atom is -0.388 e. The highest BCUT2D eigenvalue weighted by Gasteiger charge is 2.31. The lowest BCUT2D eigenvalue weighted by Gasteiger charge is -2.37. The highest BCUT2D eigenvalue weighted by Crippen LogP contribution is 2.24. The molecular weight excluding hydrogens is 240 g/mol. The molecule has 2 N–H and O–H groups in total. The molecule has 0 aromatic heterocycles. The second kappa shape index (κ2) is 5.21. The van der Waals surface area contributed by atoms with Crippen molar-refractivity contribution in [3.63, 3.8) is 0 Å². The minimum atomic E-state index is -0.766. The fourth-order valence-electron chi connectivity index (χ4n) is 2.62. The fraction of sp³-hybridized carbons (Fsp3) is 0.533. The Bertz CT molecular complexity index is 483. The third-order valence-corrected chi connectivity index (χ3v) is 3.64. The van der Waals surface area contributed by atoms with Crippen molar-refractivity contribution in [1.29, 1.82) is 0 Å². The van der Waals surface area contributed by atoms with E-state index in [4.69, 9.17) is 0 Å². The van der Waals surface area contributed by atoms with Crippen LogP contribution < -0.4 is 5.32 Å². The summed E-state index contributed by atoms with van der Waals surface area (Å²) >= 11 is 0. The van der Waals surface area contributed by atoms with Crippen LogP contribution in [-0.4, -0.2) is 41.7 Å². The number of amides is 1. The molecule has 2 rings (SSSR count). The van der Waals surface area contributed by atoms with Crippen LogP contribution in [0.15, 0.2) is 18.2 Å². The SMILES string of the molecule is CNc1ccc(C)cc1C(=O)N1CCCC(C)(O)C1. The maximum atomic E-state index is 12.6. The first-order valence-corrected chi connectivity index (χ1v) is 6.73. The summed E-state index contributed by atoms with van der Waals surface area (Å²) in [6, 6.07) is 5.80. The lowest BCUT2D eigenvalue weighted by atomic mass is 9.94. The van der Waals surface area contributed by atoms with Gasteiger partial charge in [0.2, 0.25) is 0 Å². The van der Waals surface area contributed by atoms with E-state index < -0.39 is 5.60 Å². The maximum Gasteiger partial charge on any atom is 0.256 e. The van der Waals surface area contributed by atoms with Gasteiger partial charge in [0.05, 0.1) is 11.2 Å². The zero-order valence-corrected chi connectivity index (χ0v) is 11.9. The zero-order chi connectivity index (χ0) is 14.0. The number of benzene rings is 1. The van der Waals surface area contributed by atoms with Crippen molar-refractivity contribution in [2.75, 3.05) is 25.5 Å². The van der Waals surface area contributed by atoms with Gasteiger partial charge in [-0.15, -0.1) is 0 Å². The quantitative estimate of drug-likeness (QED) is 0.857. The highest BCUT2D eigenvalue weighted by molar-refractivity contribution is 5.99. The Kier molecular flexibility index (Phi) is 3.80. The first kappa shape index (κ1) is 13.9. The number of β-amino-alcohol motifs (C(OH)–C–C–N with tert-alkyl or cyclic N) is 1. The number of carbonyl (C=O) groups is 1. The number of rotatable bonds is 2. The Morgan fingerprint density at radius 1 is 1.47 bits per heavy atom. The Morgan fingerprint density at radius 2 is 2.21 bits per heavy atom. The Hall–Kier alpha value is -1.55. The number of hydrogen-bond acceptors (Lipinski definition) is 3. The number of aryl methyl sites for hydroxylation is 1. The molecule has 1 unspecified atom stereocenters. The van der Waals surface area contributed by atoms with Crippen LogP contribution in [0.4, 0.5) is 5.69 Å². The number of hydrogen-bond donors (Lipinski definition) is 2. The van der Waals surface area contributed by atoms with Gasteiger partial charge in [0.1, 0.15) is 0 Å². The van der Waals surface area contributed by atoms with Crippen LogP contribution in [0.1, 0.15) is 35.7 Å². The van der Waals surface area contributed by atoms with E-state index in [1.807, 2.05) is 32.2 Å². The van der Waals surface area contributed by atoms with Gasteiger partial charge in [-0.2, -0.15) is 0 Å². The molecule has 1 aliphatic rings. The van der Waals surface area contributed by atoms with Crippen LogP contribution in [0.3, 0.4) is 0 Å². The van der Waals surface area contributed by atoms with Crippen LogP contribution >= 0.6 is 0 Å². The van der Waals surface area contributed by atoms with E-state index in [1.165, 1.54) is 0 Å². The molecule has 1 heterocycles. The second-order valence-corrected chi connectivity index (χ2v) is 5.63. The maximum absolute atomic E-state index is 12.6. The molecule has 1 amide bonds. The van der Waals surface area contributed by atoms with Gasteiger partial charge >= 0.3 is 0 Å². The number of aliphatic hydroxyl groups is 1. The van der Waals surface area contributed by atoms with Crippen LogP contribution in [-0.2, 0) is 0 Å². The molecule has 4 heteroatoms. The van der Waals surface area contributed by atoms with E-state index >= 15 is 0 Å². The summed E-state index contributed by atoms with van der Waals surface area (Å²) < 4.78 is 0. The molecule has 1 aliphatic heterocycles. The number of carbonyl (C=O) groups excluding carboxylic acids is 1. The number of nitrogens with one attached hydrogen (secondary N) is 1. The summed E-state index contributed by atoms with van der Waals surface area (Å²) in [7, 11) is 1.81. The molecule has 0 radical (unpaired) electrons. The number of likely N-dealkylation sites (tertiary alicyclic amines) is 1. The normalized spacial score (nSPS) is 23.3. The molecule has 104 valence electrons. The molecule has 19 heavy (non-hydrogen) atoms. The molecular formula is C15H22N2O2. The van der Waals surface area contributed by atoms with Crippen molar-refractivity contribution in [3.05, 3.63) is 29.3 Å². The molecule has 0 spiro atoms. The average Bonchev–Trinajstić information content (AvgIpc) is 2.36. The minimum absolute atomic E-state index is 0.00646. The van der Waals surface area contributed by atoms with Gasteiger partial charge in [-0.05, 0) is 38.8 Å². The molecule has 1 saturated heterocycles. The first-order chi connectivity index (χ1) is 8.93. The first-order valence-electron chi connectivity index (χ1n) is 6.73. The van der Waals surface area contributed by atoms with Gasteiger partial charge in [0, 0.05) is 25.8 Å². The standard InChI is InChI=1S/C15H22N2O2/c1-11-5-6-13(16-3)12(9-11)14(18)17-8-4-7-15(2,19)10-17/h5-6,9,16,19H,4,7-8,10H2,1-3H3. The van der Waals surface area contributed by atoms with Crippen LogP contribution in [0.25, 0.3) is 0 Å². The van der Waals surface area contributed by atoms with E-state index in [0.717, 1.165) is 24.1 Å². The van der Waals surface area contributed by atoms with Gasteiger partial charge in [-0.3, -0.25) is 4.79 Å². The largest absolute Gasteiger partial charge is 0.388 e. The fourth-order valence-corrected chi connectivity index (χ4v) is 2.62. The van der Waals surface area contributed by atoms with E-state index in [0.29, 0.717) is 18.7 Å². The number of nitrogens with zero attached hydrogens (tertiary/aromatic N) is 1. The molecule has 0 bridgehead atoms. The molecule has 0 aliphatic carbocycles. The average molecular weight is 262 g/mol. The van der Waals surface area contributed by atoms with E-state index in [-0.39, 0.29) is 5.91 Å². The van der Waals surface area contributed by atoms with Crippen molar-refractivity contribution in [1.82, 2.24) is 4.90 Å². The lowest BCUT2D eigenvalue weighted by molar-refractivity contribution is -0.0107. The third kappa shape index (κ3) is 3.07. The predicted molar refractivity (Wildman–Crippen MR) is 76.5 cm³/mol. The lowest BCUT2D eigenvalue weighted by Crippen LogP contribution is -2.48. The summed E-state index contributed by atoms with van der Waals surface area (Å²) in [6.07, 6.45) is 1.60. The van der Waals surface area contributed by atoms with Crippen molar-refractivity contribution in [2.24, 2.45) is 0 Å². The monoisotopic (exact) mass is 262 g/mol. The predicted octanol–water partition coefficient (Wildman–Crippen LogP) is 2.02. The molecule has 4 nitrogen and oxygen atoms in total. The van der Waals surface area contributed by atoms with Crippen molar-refractivity contribution in [2.45, 2.75) is 32.3 Å². The van der Waals surface area contributed by atoms with Crippen LogP contribution in [0.2, 0.25) is 0 Å². The van der Waals surface area contributed by atoms with Crippen LogP contribution in [0, 0.1) is 6.92 Å². The third-order valence-electron chi connectivity index (χ3n) is 3.64. The molecule has 1 fully saturated rings. The number of anilines is 1. The molecule has 1 aromatic rings. The number of piperidine rings is 1. The molecule has 1 aromatic carbocycles. The van der Waals surface area contributed by atoms with Gasteiger partial charge in [-0.1, -0.05) is 11.6 Å². The topological polar surface area (TPSA) is 52.6 Å². The molecule has 1 atom stereocenters. The van der Waals surface area contributed by atoms with Crippen molar-refractivity contribution >= 4 is 11.6 Å². The smallest absolute Gasteiger partial charge is 0.256 e. The summed E-state index contributed by atoms with van der Waals surface area (Å²) in [5.74, 6) is -0.00646. The van der Waals surface area contributed by atoms with Crippen molar-refractivity contribution < 1.29 is 9.90 Å². The van der Waals surface area contributed by atoms with Gasteiger partial charge in [0.25, 0.3) is 5.91 Å². The summed E-state index contributed by atoms with van der Waals surface area (Å²) in [4.78, 5) is 14.3. The zero-order valence-electron chi connectivity index (χ0n) is 11.9. The van der Waals surface area contributed by atoms with E-state index in [1.54, 1.807) is 11.8 Å². The Balaban J connectivity index is 2.26. The highest BCUT2D eigenvalue weighted by atomic mass is 16.3. The summed E-state index contributed by atoms with van der Waals surface area (Å²) in [5, 5.41) is 13.2. The van der Waals surface area contributed by atoms with E-state index in [9.17, 15) is 9.90 Å². The summed E-state index contributed by atoms with van der Waals surface area (Å²) in [6.45, 7) is 4.89. The second-order valence-electron chi connectivity index (χ2n) is 5.63.